The molecule has 0 aromatic heterocycles. The molecule has 0 saturated carbocycles. The quantitative estimate of drug-likeness (QED) is 0.883. The van der Waals surface area contributed by atoms with Crippen molar-refractivity contribution in [2.75, 3.05) is 0 Å². The summed E-state index contributed by atoms with van der Waals surface area (Å²) >= 11 is 3.16. The molecule has 1 amide bonds. The maximum absolute atomic E-state index is 12.1. The molecule has 0 heterocycles. The molecule has 1 aromatic rings. The van der Waals surface area contributed by atoms with Gasteiger partial charge < -0.3 is 10.4 Å². The van der Waals surface area contributed by atoms with Crippen molar-refractivity contribution in [2.24, 2.45) is 0 Å². The largest absolute Gasteiger partial charge is 0.480 e. The Morgan fingerprint density at radius 2 is 2.00 bits per heavy atom. The monoisotopic (exact) mass is 339 g/mol. The molecule has 0 aliphatic heterocycles. The van der Waals surface area contributed by atoms with Crippen LogP contribution in [0, 0.1) is 0 Å². The predicted molar refractivity (Wildman–Crippen MR) is 63.5 cm³/mol. The topological polar surface area (TPSA) is 66.4 Å². The summed E-state index contributed by atoms with van der Waals surface area (Å²) in [5, 5.41) is 10.3. The molecule has 0 bridgehead atoms. The van der Waals surface area contributed by atoms with Gasteiger partial charge in [-0.15, -0.1) is 0 Å². The minimum absolute atomic E-state index is 0.239. The van der Waals surface area contributed by atoms with Gasteiger partial charge in [-0.05, 0) is 17.7 Å². The van der Waals surface area contributed by atoms with Gasteiger partial charge in [0.25, 0.3) is 0 Å². The first-order valence-corrected chi connectivity index (χ1v) is 5.84. The first-order chi connectivity index (χ1) is 8.70. The first kappa shape index (κ1) is 15.5. The van der Waals surface area contributed by atoms with Gasteiger partial charge in [-0.3, -0.25) is 4.79 Å². The number of alkyl halides is 3. The van der Waals surface area contributed by atoms with Gasteiger partial charge in [0.05, 0.1) is 0 Å². The highest BCUT2D eigenvalue weighted by molar-refractivity contribution is 9.10. The second kappa shape index (κ2) is 6.05. The second-order valence-electron chi connectivity index (χ2n) is 3.70. The third kappa shape index (κ3) is 4.90. The van der Waals surface area contributed by atoms with Gasteiger partial charge in [0.2, 0.25) is 0 Å². The van der Waals surface area contributed by atoms with Crippen molar-refractivity contribution in [3.05, 3.63) is 34.3 Å². The molecular weight excluding hydrogens is 331 g/mol. The first-order valence-electron chi connectivity index (χ1n) is 5.05. The van der Waals surface area contributed by atoms with E-state index < -0.39 is 24.1 Å². The second-order valence-corrected chi connectivity index (χ2v) is 4.61. The average Bonchev–Trinajstić information content (AvgIpc) is 2.26. The molecule has 0 saturated heterocycles. The molecule has 8 heteroatoms. The van der Waals surface area contributed by atoms with Crippen LogP contribution in [-0.4, -0.2) is 29.2 Å². The van der Waals surface area contributed by atoms with E-state index >= 15 is 0 Å². The number of amides is 1. The Kier molecular flexibility index (Phi) is 4.93. The summed E-state index contributed by atoms with van der Waals surface area (Å²) < 4.78 is 36.9. The lowest BCUT2D eigenvalue weighted by atomic mass is 10.1. The fourth-order valence-electron chi connectivity index (χ4n) is 1.34. The van der Waals surface area contributed by atoms with Crippen molar-refractivity contribution in [3.63, 3.8) is 0 Å². The molecule has 1 atom stereocenters. The van der Waals surface area contributed by atoms with Crippen LogP contribution in [0.2, 0.25) is 0 Å². The highest BCUT2D eigenvalue weighted by atomic mass is 79.9. The number of hydrogen-bond acceptors (Lipinski definition) is 2. The number of rotatable bonds is 4. The number of hydrogen-bond donors (Lipinski definition) is 2. The van der Waals surface area contributed by atoms with E-state index in [2.05, 4.69) is 15.9 Å². The Labute approximate surface area is 114 Å². The number of aliphatic carboxylic acids is 1. The summed E-state index contributed by atoms with van der Waals surface area (Å²) in [6.07, 6.45) is -5.35. The van der Waals surface area contributed by atoms with Crippen LogP contribution in [0.15, 0.2) is 28.7 Å². The molecule has 1 rings (SSSR count). The molecule has 0 aliphatic rings. The minimum Gasteiger partial charge on any atom is -0.480 e. The number of carboxylic acids is 1. The van der Waals surface area contributed by atoms with Crippen molar-refractivity contribution >= 4 is 27.8 Å². The third-order valence-electron chi connectivity index (χ3n) is 2.19. The molecule has 0 fully saturated rings. The van der Waals surface area contributed by atoms with E-state index in [0.29, 0.717) is 10.0 Å². The average molecular weight is 340 g/mol. The molecular formula is C11H9BrF3NO3. The lowest BCUT2D eigenvalue weighted by Gasteiger charge is -2.15. The molecule has 1 aromatic carbocycles. The molecule has 0 aliphatic carbocycles. The number of carbonyl (C=O) groups excluding carboxylic acids is 1. The van der Waals surface area contributed by atoms with Gasteiger partial charge >= 0.3 is 18.1 Å². The number of carboxylic acid groups (broad SMARTS) is 1. The van der Waals surface area contributed by atoms with Crippen LogP contribution in [-0.2, 0) is 16.0 Å². The molecule has 4 nitrogen and oxygen atoms in total. The maximum Gasteiger partial charge on any atom is 0.471 e. The van der Waals surface area contributed by atoms with Crippen LogP contribution >= 0.6 is 15.9 Å². The van der Waals surface area contributed by atoms with Crippen LogP contribution < -0.4 is 5.32 Å². The smallest absolute Gasteiger partial charge is 0.471 e. The summed E-state index contributed by atoms with van der Waals surface area (Å²) in [5.74, 6) is -3.80. The van der Waals surface area contributed by atoms with Crippen LogP contribution in [0.3, 0.4) is 0 Å². The summed E-state index contributed by atoms with van der Waals surface area (Å²) in [5.41, 5.74) is 0.490. The van der Waals surface area contributed by atoms with E-state index in [1.165, 1.54) is 5.32 Å². The molecule has 104 valence electrons. The SMILES string of the molecule is O=C(O)[C@@H](Cc1cccc(Br)c1)NC(=O)C(F)(F)F. The van der Waals surface area contributed by atoms with E-state index in [9.17, 15) is 22.8 Å². The summed E-state index contributed by atoms with van der Waals surface area (Å²) in [4.78, 5) is 21.6. The Balaban J connectivity index is 2.80. The van der Waals surface area contributed by atoms with Gasteiger partial charge in [-0.2, -0.15) is 13.2 Å². The summed E-state index contributed by atoms with van der Waals surface area (Å²) in [6.45, 7) is 0. The maximum atomic E-state index is 12.1. The number of nitrogens with one attached hydrogen (secondary N) is 1. The van der Waals surface area contributed by atoms with Crippen molar-refractivity contribution in [3.8, 4) is 0 Å². The van der Waals surface area contributed by atoms with Crippen molar-refractivity contribution < 1.29 is 27.9 Å². The molecule has 0 spiro atoms. The van der Waals surface area contributed by atoms with Crippen LogP contribution in [0.4, 0.5) is 13.2 Å². The van der Waals surface area contributed by atoms with Crippen molar-refractivity contribution in [2.45, 2.75) is 18.6 Å². The molecule has 19 heavy (non-hydrogen) atoms. The number of halogens is 4. The van der Waals surface area contributed by atoms with Gasteiger partial charge in [0.15, 0.2) is 0 Å². The zero-order chi connectivity index (χ0) is 14.6. The fraction of sp³-hybridized carbons (Fsp3) is 0.273. The van der Waals surface area contributed by atoms with Gasteiger partial charge in [0, 0.05) is 10.9 Å². The lowest BCUT2D eigenvalue weighted by molar-refractivity contribution is -0.175. The van der Waals surface area contributed by atoms with E-state index in [0.717, 1.165) is 0 Å². The number of carbonyl (C=O) groups is 2. The molecule has 2 N–H and O–H groups in total. The van der Waals surface area contributed by atoms with Crippen LogP contribution in [0.1, 0.15) is 5.56 Å². The van der Waals surface area contributed by atoms with E-state index in [1.54, 1.807) is 24.3 Å². The van der Waals surface area contributed by atoms with Gasteiger partial charge in [-0.25, -0.2) is 4.79 Å². The lowest BCUT2D eigenvalue weighted by Crippen LogP contribution is -2.47. The molecule has 0 unspecified atom stereocenters. The predicted octanol–water partition coefficient (Wildman–Crippen LogP) is 2.12. The van der Waals surface area contributed by atoms with Crippen LogP contribution in [0.5, 0.6) is 0 Å². The Hall–Kier alpha value is -1.57. The number of benzene rings is 1. The van der Waals surface area contributed by atoms with E-state index in [4.69, 9.17) is 5.11 Å². The third-order valence-corrected chi connectivity index (χ3v) is 2.68. The Bertz CT molecular complexity index is 490. The van der Waals surface area contributed by atoms with Crippen molar-refractivity contribution in [1.82, 2.24) is 5.32 Å². The minimum atomic E-state index is -5.11. The zero-order valence-corrected chi connectivity index (χ0v) is 11.0. The fourth-order valence-corrected chi connectivity index (χ4v) is 1.79. The highest BCUT2D eigenvalue weighted by Crippen LogP contribution is 2.16. The normalized spacial score (nSPS) is 12.8. The van der Waals surface area contributed by atoms with Gasteiger partial charge in [0.1, 0.15) is 6.04 Å². The standard InChI is InChI=1S/C11H9BrF3NO3/c12-7-3-1-2-6(4-7)5-8(9(17)18)16-10(19)11(13,14)15/h1-4,8H,5H2,(H,16,19)(H,17,18)/t8-/m1/s1. The molecule has 0 radical (unpaired) electrons. The van der Waals surface area contributed by atoms with Gasteiger partial charge in [-0.1, -0.05) is 28.1 Å². The van der Waals surface area contributed by atoms with Crippen LogP contribution in [0.25, 0.3) is 0 Å². The zero-order valence-electron chi connectivity index (χ0n) is 9.37. The summed E-state index contributed by atoms with van der Waals surface area (Å²) in [6, 6.07) is 4.79. The Morgan fingerprint density at radius 1 is 1.37 bits per heavy atom. The van der Waals surface area contributed by atoms with Crippen molar-refractivity contribution in [1.29, 1.82) is 0 Å². The van der Waals surface area contributed by atoms with E-state index in [1.807, 2.05) is 0 Å². The summed E-state index contributed by atoms with van der Waals surface area (Å²) in [7, 11) is 0. The van der Waals surface area contributed by atoms with E-state index in [-0.39, 0.29) is 6.42 Å². The Morgan fingerprint density at radius 3 is 2.47 bits per heavy atom. The highest BCUT2D eigenvalue weighted by Gasteiger charge is 2.40.